The summed E-state index contributed by atoms with van der Waals surface area (Å²) in [5.41, 5.74) is -0.683. The molecule has 20 heavy (non-hydrogen) atoms. The molecule has 116 valence electrons. The largest absolute Gasteiger partial charge is 0.481 e. The molecule has 0 rings (SSSR count). The number of carboxylic acid groups (broad SMARTS) is 1. The number of carbonyl (C=O) groups excluding carboxylic acids is 2. The van der Waals surface area contributed by atoms with Crippen molar-refractivity contribution in [3.8, 4) is 0 Å². The molecule has 1 amide bonds. The topological polar surface area (TPSA) is 102 Å². The standard InChI is InChI=1S/C12H21NO6S/c1-5-18-10(16)8(6-20-7-9(14)15)13-11(17)19-12(2,3)4/h8H,5-7H2,1-4H3,(H,13,17)(H,14,15). The fourth-order valence-electron chi connectivity index (χ4n) is 1.13. The monoisotopic (exact) mass is 307 g/mol. The quantitative estimate of drug-likeness (QED) is 0.683. The van der Waals surface area contributed by atoms with Crippen LogP contribution in [0.15, 0.2) is 0 Å². The molecule has 8 heteroatoms. The number of alkyl carbamates (subject to hydrolysis) is 1. The number of esters is 1. The Morgan fingerprint density at radius 1 is 1.30 bits per heavy atom. The van der Waals surface area contributed by atoms with Crippen LogP contribution in [0.3, 0.4) is 0 Å². The van der Waals surface area contributed by atoms with Crippen LogP contribution >= 0.6 is 11.8 Å². The Morgan fingerprint density at radius 2 is 1.90 bits per heavy atom. The smallest absolute Gasteiger partial charge is 0.408 e. The predicted octanol–water partition coefficient (Wildman–Crippen LogP) is 1.26. The van der Waals surface area contributed by atoms with Gasteiger partial charge in [0, 0.05) is 5.75 Å². The maximum atomic E-state index is 11.7. The van der Waals surface area contributed by atoms with Gasteiger partial charge in [-0.3, -0.25) is 4.79 Å². The van der Waals surface area contributed by atoms with Gasteiger partial charge in [0.2, 0.25) is 0 Å². The van der Waals surface area contributed by atoms with Crippen LogP contribution in [-0.4, -0.2) is 52.9 Å². The van der Waals surface area contributed by atoms with Crippen LogP contribution in [0.2, 0.25) is 0 Å². The zero-order valence-electron chi connectivity index (χ0n) is 12.1. The molecule has 0 saturated carbocycles. The van der Waals surface area contributed by atoms with Crippen LogP contribution < -0.4 is 5.32 Å². The van der Waals surface area contributed by atoms with Crippen molar-refractivity contribution in [3.05, 3.63) is 0 Å². The van der Waals surface area contributed by atoms with E-state index in [1.165, 1.54) is 0 Å². The number of carboxylic acids is 1. The summed E-state index contributed by atoms with van der Waals surface area (Å²) in [6.07, 6.45) is -0.744. The summed E-state index contributed by atoms with van der Waals surface area (Å²) in [5, 5.41) is 10.9. The molecule has 0 aliphatic heterocycles. The molecule has 2 N–H and O–H groups in total. The van der Waals surface area contributed by atoms with Crippen molar-refractivity contribution in [2.45, 2.75) is 39.3 Å². The fraction of sp³-hybridized carbons (Fsp3) is 0.750. The number of hydrogen-bond donors (Lipinski definition) is 2. The second kappa shape index (κ2) is 8.68. The van der Waals surface area contributed by atoms with Gasteiger partial charge in [-0.15, -0.1) is 11.8 Å². The van der Waals surface area contributed by atoms with E-state index >= 15 is 0 Å². The number of carbonyl (C=O) groups is 3. The molecule has 1 unspecified atom stereocenters. The SMILES string of the molecule is CCOC(=O)C(CSCC(=O)O)NC(=O)OC(C)(C)C. The number of aliphatic carboxylic acids is 1. The van der Waals surface area contributed by atoms with Crippen molar-refractivity contribution in [2.24, 2.45) is 0 Å². The minimum Gasteiger partial charge on any atom is -0.481 e. The zero-order valence-corrected chi connectivity index (χ0v) is 12.9. The lowest BCUT2D eigenvalue weighted by Crippen LogP contribution is -2.45. The first kappa shape index (κ1) is 18.6. The second-order valence-electron chi connectivity index (χ2n) is 4.86. The minimum atomic E-state index is -0.991. The number of amides is 1. The summed E-state index contributed by atoms with van der Waals surface area (Å²) in [7, 11) is 0. The lowest BCUT2D eigenvalue weighted by atomic mass is 10.2. The molecule has 0 aromatic rings. The molecule has 0 aliphatic rings. The Kier molecular flexibility index (Phi) is 8.05. The molecular weight excluding hydrogens is 286 g/mol. The number of hydrogen-bond acceptors (Lipinski definition) is 6. The van der Waals surface area contributed by atoms with Gasteiger partial charge in [-0.2, -0.15) is 0 Å². The molecule has 1 atom stereocenters. The first-order chi connectivity index (χ1) is 9.15. The van der Waals surface area contributed by atoms with E-state index in [-0.39, 0.29) is 18.1 Å². The maximum Gasteiger partial charge on any atom is 0.408 e. The number of ether oxygens (including phenoxy) is 2. The molecule has 0 aromatic carbocycles. The highest BCUT2D eigenvalue weighted by atomic mass is 32.2. The summed E-state index contributed by atoms with van der Waals surface area (Å²) in [4.78, 5) is 33.7. The highest BCUT2D eigenvalue weighted by Gasteiger charge is 2.25. The van der Waals surface area contributed by atoms with Crippen LogP contribution in [0, 0.1) is 0 Å². The maximum absolute atomic E-state index is 11.7. The first-order valence-corrected chi connectivity index (χ1v) is 7.27. The third kappa shape index (κ3) is 9.48. The van der Waals surface area contributed by atoms with Crippen LogP contribution in [0.1, 0.15) is 27.7 Å². The van der Waals surface area contributed by atoms with Crippen molar-refractivity contribution < 1.29 is 29.0 Å². The lowest BCUT2D eigenvalue weighted by molar-refractivity contribution is -0.145. The lowest BCUT2D eigenvalue weighted by Gasteiger charge is -2.22. The van der Waals surface area contributed by atoms with Crippen LogP contribution in [0.5, 0.6) is 0 Å². The van der Waals surface area contributed by atoms with Crippen molar-refractivity contribution in [1.82, 2.24) is 5.32 Å². The number of nitrogens with one attached hydrogen (secondary N) is 1. The summed E-state index contributed by atoms with van der Waals surface area (Å²) >= 11 is 1.01. The third-order valence-corrected chi connectivity index (χ3v) is 2.79. The van der Waals surface area contributed by atoms with Gasteiger partial charge in [0.15, 0.2) is 0 Å². The van der Waals surface area contributed by atoms with E-state index in [0.717, 1.165) is 11.8 Å². The molecule has 0 aliphatic carbocycles. The Hall–Kier alpha value is -1.44. The van der Waals surface area contributed by atoms with E-state index < -0.39 is 29.7 Å². The number of thioether (sulfide) groups is 1. The second-order valence-corrected chi connectivity index (χ2v) is 5.89. The summed E-state index contributed by atoms with van der Waals surface area (Å²) < 4.78 is 9.86. The molecule has 0 bridgehead atoms. The molecule has 0 aromatic heterocycles. The first-order valence-electron chi connectivity index (χ1n) is 6.11. The van der Waals surface area contributed by atoms with Gasteiger partial charge in [0.05, 0.1) is 12.4 Å². The van der Waals surface area contributed by atoms with Crippen molar-refractivity contribution >= 4 is 29.8 Å². The average molecular weight is 307 g/mol. The van der Waals surface area contributed by atoms with Crippen molar-refractivity contribution in [1.29, 1.82) is 0 Å². The Labute approximate surface area is 122 Å². The van der Waals surface area contributed by atoms with Gasteiger partial charge in [-0.1, -0.05) is 0 Å². The van der Waals surface area contributed by atoms with Gasteiger partial charge in [-0.25, -0.2) is 9.59 Å². The average Bonchev–Trinajstić information content (AvgIpc) is 2.24. The van der Waals surface area contributed by atoms with Gasteiger partial charge < -0.3 is 19.9 Å². The van der Waals surface area contributed by atoms with Crippen molar-refractivity contribution in [2.75, 3.05) is 18.1 Å². The third-order valence-electron chi connectivity index (χ3n) is 1.77. The highest BCUT2D eigenvalue weighted by molar-refractivity contribution is 8.00. The summed E-state index contributed by atoms with van der Waals surface area (Å²) in [6.45, 7) is 6.92. The summed E-state index contributed by atoms with van der Waals surface area (Å²) in [6, 6.07) is -0.936. The van der Waals surface area contributed by atoms with Gasteiger partial charge in [-0.05, 0) is 27.7 Å². The molecule has 0 saturated heterocycles. The van der Waals surface area contributed by atoms with Crippen LogP contribution in [0.4, 0.5) is 4.79 Å². The van der Waals surface area contributed by atoms with Gasteiger partial charge in [0.25, 0.3) is 0 Å². The van der Waals surface area contributed by atoms with E-state index in [0.29, 0.717) is 0 Å². The molecular formula is C12H21NO6S. The minimum absolute atomic E-state index is 0.102. The van der Waals surface area contributed by atoms with Gasteiger partial charge in [0.1, 0.15) is 11.6 Å². The highest BCUT2D eigenvalue weighted by Crippen LogP contribution is 2.09. The molecule has 0 spiro atoms. The molecule has 0 radical (unpaired) electrons. The van der Waals surface area contributed by atoms with Crippen molar-refractivity contribution in [3.63, 3.8) is 0 Å². The molecule has 0 fully saturated rings. The van der Waals surface area contributed by atoms with E-state index in [9.17, 15) is 14.4 Å². The predicted molar refractivity (Wildman–Crippen MR) is 74.8 cm³/mol. The Morgan fingerprint density at radius 3 is 2.35 bits per heavy atom. The van der Waals surface area contributed by atoms with Gasteiger partial charge >= 0.3 is 18.0 Å². The van der Waals surface area contributed by atoms with E-state index in [1.807, 2.05) is 0 Å². The van der Waals surface area contributed by atoms with E-state index in [1.54, 1.807) is 27.7 Å². The normalized spacial score (nSPS) is 12.4. The molecule has 7 nitrogen and oxygen atoms in total. The van der Waals surface area contributed by atoms with Crippen LogP contribution in [-0.2, 0) is 19.1 Å². The fourth-order valence-corrected chi connectivity index (χ4v) is 1.87. The molecule has 0 heterocycles. The van der Waals surface area contributed by atoms with E-state index in [2.05, 4.69) is 5.32 Å². The number of rotatable bonds is 7. The Balaban J connectivity index is 4.48. The van der Waals surface area contributed by atoms with E-state index in [4.69, 9.17) is 14.6 Å². The Bertz CT molecular complexity index is 352. The zero-order chi connectivity index (χ0) is 15.8. The van der Waals surface area contributed by atoms with Crippen LogP contribution in [0.25, 0.3) is 0 Å². The summed E-state index contributed by atoms with van der Waals surface area (Å²) in [5.74, 6) is -1.66.